The third-order valence-electron chi connectivity index (χ3n) is 2.38. The Hall–Kier alpha value is -0.760. The summed E-state index contributed by atoms with van der Waals surface area (Å²) in [4.78, 5) is 0. The van der Waals surface area contributed by atoms with Crippen molar-refractivity contribution in [3.05, 3.63) is 23.9 Å². The topological polar surface area (TPSA) is 38.0 Å². The SMILES string of the molecule is CCC(C)/C(=C\C=C/N)CNC(C)C. The molecule has 0 radical (unpaired) electrons. The van der Waals surface area contributed by atoms with Crippen molar-refractivity contribution >= 4 is 0 Å². The first kappa shape index (κ1) is 13.2. The van der Waals surface area contributed by atoms with Gasteiger partial charge >= 0.3 is 0 Å². The highest BCUT2D eigenvalue weighted by atomic mass is 14.9. The monoisotopic (exact) mass is 196 g/mol. The summed E-state index contributed by atoms with van der Waals surface area (Å²) in [5.74, 6) is 0.623. The molecule has 0 aromatic heterocycles. The molecule has 3 N–H and O–H groups in total. The Kier molecular flexibility index (Phi) is 7.21. The summed E-state index contributed by atoms with van der Waals surface area (Å²) in [7, 11) is 0. The largest absolute Gasteiger partial charge is 0.405 e. The van der Waals surface area contributed by atoms with Crippen LogP contribution in [0.25, 0.3) is 0 Å². The Morgan fingerprint density at radius 3 is 2.43 bits per heavy atom. The van der Waals surface area contributed by atoms with Gasteiger partial charge in [0.15, 0.2) is 0 Å². The van der Waals surface area contributed by atoms with Crippen LogP contribution in [0.2, 0.25) is 0 Å². The zero-order valence-corrected chi connectivity index (χ0v) is 9.88. The number of nitrogens with one attached hydrogen (secondary N) is 1. The fourth-order valence-corrected chi connectivity index (χ4v) is 1.16. The number of hydrogen-bond acceptors (Lipinski definition) is 2. The Morgan fingerprint density at radius 2 is 2.00 bits per heavy atom. The molecule has 0 spiro atoms. The van der Waals surface area contributed by atoms with Crippen molar-refractivity contribution in [3.8, 4) is 0 Å². The Bertz CT molecular complexity index is 192. The fraction of sp³-hybridized carbons (Fsp3) is 0.667. The van der Waals surface area contributed by atoms with Crippen molar-refractivity contribution in [2.75, 3.05) is 6.54 Å². The third kappa shape index (κ3) is 5.81. The highest BCUT2D eigenvalue weighted by Gasteiger charge is 2.05. The van der Waals surface area contributed by atoms with Gasteiger partial charge in [0.25, 0.3) is 0 Å². The van der Waals surface area contributed by atoms with E-state index in [1.165, 1.54) is 12.0 Å². The van der Waals surface area contributed by atoms with Crippen LogP contribution >= 0.6 is 0 Å². The van der Waals surface area contributed by atoms with Crippen molar-refractivity contribution < 1.29 is 0 Å². The predicted molar refractivity (Wildman–Crippen MR) is 64.0 cm³/mol. The minimum atomic E-state index is 0.532. The van der Waals surface area contributed by atoms with Crippen molar-refractivity contribution in [1.29, 1.82) is 0 Å². The summed E-state index contributed by atoms with van der Waals surface area (Å²) in [6.45, 7) is 9.73. The maximum atomic E-state index is 5.33. The molecular formula is C12H24N2. The van der Waals surface area contributed by atoms with Gasteiger partial charge in [-0.1, -0.05) is 39.3 Å². The molecule has 0 aliphatic rings. The smallest absolute Gasteiger partial charge is 0.0172 e. The van der Waals surface area contributed by atoms with E-state index in [0.29, 0.717) is 12.0 Å². The van der Waals surface area contributed by atoms with Gasteiger partial charge in [0, 0.05) is 12.6 Å². The first-order valence-corrected chi connectivity index (χ1v) is 5.42. The molecule has 0 saturated carbocycles. The van der Waals surface area contributed by atoms with Gasteiger partial charge in [-0.05, 0) is 24.6 Å². The molecule has 1 atom stereocenters. The lowest BCUT2D eigenvalue weighted by Gasteiger charge is -2.16. The highest BCUT2D eigenvalue weighted by Crippen LogP contribution is 2.13. The van der Waals surface area contributed by atoms with Gasteiger partial charge in [0.2, 0.25) is 0 Å². The van der Waals surface area contributed by atoms with Crippen molar-refractivity contribution in [2.24, 2.45) is 11.7 Å². The number of allylic oxidation sites excluding steroid dienone is 2. The van der Waals surface area contributed by atoms with Crippen LogP contribution in [0.15, 0.2) is 23.9 Å². The van der Waals surface area contributed by atoms with Crippen LogP contribution in [-0.2, 0) is 0 Å². The molecule has 0 heterocycles. The summed E-state index contributed by atoms with van der Waals surface area (Å²) >= 11 is 0. The van der Waals surface area contributed by atoms with Gasteiger partial charge in [-0.15, -0.1) is 0 Å². The fourth-order valence-electron chi connectivity index (χ4n) is 1.16. The zero-order chi connectivity index (χ0) is 11.0. The van der Waals surface area contributed by atoms with Crippen molar-refractivity contribution in [1.82, 2.24) is 5.32 Å². The van der Waals surface area contributed by atoms with Crippen LogP contribution in [0.3, 0.4) is 0 Å². The van der Waals surface area contributed by atoms with E-state index in [1.807, 2.05) is 6.08 Å². The third-order valence-corrected chi connectivity index (χ3v) is 2.38. The molecule has 0 aromatic carbocycles. The highest BCUT2D eigenvalue weighted by molar-refractivity contribution is 5.15. The average molecular weight is 196 g/mol. The van der Waals surface area contributed by atoms with Crippen LogP contribution in [0.4, 0.5) is 0 Å². The van der Waals surface area contributed by atoms with Crippen LogP contribution in [0, 0.1) is 5.92 Å². The summed E-state index contributed by atoms with van der Waals surface area (Å²) in [5, 5.41) is 3.43. The van der Waals surface area contributed by atoms with E-state index < -0.39 is 0 Å². The number of nitrogens with two attached hydrogens (primary N) is 1. The van der Waals surface area contributed by atoms with Crippen molar-refractivity contribution in [3.63, 3.8) is 0 Å². The first-order valence-electron chi connectivity index (χ1n) is 5.42. The molecule has 0 bridgehead atoms. The van der Waals surface area contributed by atoms with Gasteiger partial charge in [-0.2, -0.15) is 0 Å². The van der Waals surface area contributed by atoms with E-state index in [9.17, 15) is 0 Å². The second kappa shape index (κ2) is 7.63. The van der Waals surface area contributed by atoms with E-state index in [0.717, 1.165) is 6.54 Å². The van der Waals surface area contributed by atoms with E-state index >= 15 is 0 Å². The van der Waals surface area contributed by atoms with Gasteiger partial charge in [0.05, 0.1) is 0 Å². The normalized spacial score (nSPS) is 15.4. The summed E-state index contributed by atoms with van der Waals surface area (Å²) in [6.07, 6.45) is 6.77. The average Bonchev–Trinajstić information content (AvgIpc) is 2.16. The zero-order valence-electron chi connectivity index (χ0n) is 9.88. The van der Waals surface area contributed by atoms with E-state index in [4.69, 9.17) is 5.73 Å². The van der Waals surface area contributed by atoms with Gasteiger partial charge in [0.1, 0.15) is 0 Å². The Balaban J connectivity index is 4.25. The van der Waals surface area contributed by atoms with Crippen LogP contribution < -0.4 is 11.1 Å². The molecule has 0 saturated heterocycles. The molecule has 0 aromatic rings. The molecule has 14 heavy (non-hydrogen) atoms. The minimum absolute atomic E-state index is 0.532. The van der Waals surface area contributed by atoms with Crippen molar-refractivity contribution in [2.45, 2.75) is 40.2 Å². The standard InChI is InChI=1S/C12H24N2/c1-5-11(4)12(7-6-8-13)9-14-10(2)3/h6-8,10-11,14H,5,9,13H2,1-4H3/b8-6-,12-7-. The molecule has 0 amide bonds. The molecule has 2 nitrogen and oxygen atoms in total. The molecule has 2 heteroatoms. The Morgan fingerprint density at radius 1 is 1.36 bits per heavy atom. The molecule has 1 unspecified atom stereocenters. The molecular weight excluding hydrogens is 172 g/mol. The molecule has 0 rings (SSSR count). The quantitative estimate of drug-likeness (QED) is 0.640. The molecule has 82 valence electrons. The number of hydrogen-bond donors (Lipinski definition) is 2. The number of rotatable bonds is 6. The molecule has 0 fully saturated rings. The van der Waals surface area contributed by atoms with Crippen LogP contribution in [0.5, 0.6) is 0 Å². The van der Waals surface area contributed by atoms with Gasteiger partial charge in [-0.3, -0.25) is 0 Å². The second-order valence-electron chi connectivity index (χ2n) is 3.97. The van der Waals surface area contributed by atoms with E-state index in [-0.39, 0.29) is 0 Å². The van der Waals surface area contributed by atoms with Crippen LogP contribution in [-0.4, -0.2) is 12.6 Å². The molecule has 0 aliphatic carbocycles. The van der Waals surface area contributed by atoms with E-state index in [1.54, 1.807) is 6.20 Å². The first-order chi connectivity index (χ1) is 6.61. The van der Waals surface area contributed by atoms with Crippen LogP contribution in [0.1, 0.15) is 34.1 Å². The lowest BCUT2D eigenvalue weighted by molar-refractivity contribution is 0.565. The second-order valence-corrected chi connectivity index (χ2v) is 3.97. The summed E-state index contributed by atoms with van der Waals surface area (Å²) in [6, 6.07) is 0.532. The maximum absolute atomic E-state index is 5.33. The summed E-state index contributed by atoms with van der Waals surface area (Å²) < 4.78 is 0. The minimum Gasteiger partial charge on any atom is -0.405 e. The summed E-state index contributed by atoms with van der Waals surface area (Å²) in [5.41, 5.74) is 6.75. The van der Waals surface area contributed by atoms with E-state index in [2.05, 4.69) is 39.1 Å². The molecule has 0 aliphatic heterocycles. The lowest BCUT2D eigenvalue weighted by atomic mass is 9.98. The Labute approximate surface area is 88.3 Å². The van der Waals surface area contributed by atoms with Gasteiger partial charge < -0.3 is 11.1 Å². The predicted octanol–water partition coefficient (Wildman–Crippen LogP) is 2.43. The maximum Gasteiger partial charge on any atom is 0.0172 e. The van der Waals surface area contributed by atoms with Gasteiger partial charge in [-0.25, -0.2) is 0 Å². The lowest BCUT2D eigenvalue weighted by Crippen LogP contribution is -2.26.